The standard InChI is InChI=1S/C26H35O7P.C22H21O2P/c1-17(15-26(2,3)4)16-34(29,24(27)22-18(30-5)11-9-12-19(22)31-6)25(28)23-20(32-7)13-10-14-21(23)33-8;1-16-14-17(2)21(18(3)15-16)22(23)25(24,19-10-6-4-7-11-19)20-12-8-5-9-13-20/h9-14,17H,15-16H2,1-8H3;4-15H,1-3H3. The minimum Gasteiger partial charge on any atom is -0.496 e. The third-order valence-corrected chi connectivity index (χ3v) is 15.6. The Hall–Kier alpha value is -5.23. The molecule has 5 aromatic carbocycles. The maximum atomic E-state index is 14.7. The second-order valence-corrected chi connectivity index (χ2v) is 21.2. The summed E-state index contributed by atoms with van der Waals surface area (Å²) >= 11 is 0. The predicted molar refractivity (Wildman–Crippen MR) is 238 cm³/mol. The number of hydrogen-bond donors (Lipinski definition) is 0. The largest absolute Gasteiger partial charge is 0.496 e. The number of ether oxygens (including phenoxy) is 4. The van der Waals surface area contributed by atoms with Gasteiger partial charge in [0.05, 0.1) is 28.4 Å². The molecule has 9 nitrogen and oxygen atoms in total. The molecule has 0 amide bonds. The predicted octanol–water partition coefficient (Wildman–Crippen LogP) is 10.9. The zero-order chi connectivity index (χ0) is 43.7. The van der Waals surface area contributed by atoms with Gasteiger partial charge < -0.3 is 28.1 Å². The molecule has 0 aliphatic carbocycles. The molecule has 0 aliphatic rings. The molecular weight excluding hydrogens is 782 g/mol. The van der Waals surface area contributed by atoms with Crippen molar-refractivity contribution in [1.29, 1.82) is 0 Å². The fourth-order valence-electron chi connectivity index (χ4n) is 7.63. The second kappa shape index (κ2) is 19.7. The van der Waals surface area contributed by atoms with Crippen molar-refractivity contribution < 1.29 is 42.5 Å². The van der Waals surface area contributed by atoms with Gasteiger partial charge in [0.15, 0.2) is 0 Å². The van der Waals surface area contributed by atoms with Gasteiger partial charge in [-0.3, -0.25) is 14.4 Å². The van der Waals surface area contributed by atoms with Crippen LogP contribution in [0.25, 0.3) is 0 Å². The number of carbonyl (C=O) groups is 3. The lowest BCUT2D eigenvalue weighted by atomic mass is 9.86. The van der Waals surface area contributed by atoms with Crippen LogP contribution in [0.3, 0.4) is 0 Å². The maximum absolute atomic E-state index is 14.7. The molecule has 5 rings (SSSR count). The van der Waals surface area contributed by atoms with E-state index in [4.69, 9.17) is 18.9 Å². The summed E-state index contributed by atoms with van der Waals surface area (Å²) < 4.78 is 50.3. The number of aryl methyl sites for hydroxylation is 3. The van der Waals surface area contributed by atoms with Gasteiger partial charge in [0.25, 0.3) is 0 Å². The molecule has 1 unspecified atom stereocenters. The van der Waals surface area contributed by atoms with Gasteiger partial charge in [-0.1, -0.05) is 118 Å². The van der Waals surface area contributed by atoms with Crippen molar-refractivity contribution in [3.8, 4) is 23.0 Å². The lowest BCUT2D eigenvalue weighted by molar-refractivity contribution is 0.102. The van der Waals surface area contributed by atoms with Gasteiger partial charge in [0.2, 0.25) is 30.9 Å². The molecule has 0 spiro atoms. The van der Waals surface area contributed by atoms with Crippen LogP contribution in [-0.4, -0.2) is 51.2 Å². The number of methoxy groups -OCH3 is 4. The van der Waals surface area contributed by atoms with E-state index in [1.54, 1.807) is 60.7 Å². The molecule has 0 saturated carbocycles. The normalized spacial score (nSPS) is 12.1. The summed E-state index contributed by atoms with van der Waals surface area (Å²) in [6.07, 6.45) is 0.564. The van der Waals surface area contributed by atoms with E-state index in [9.17, 15) is 23.5 Å². The summed E-state index contributed by atoms with van der Waals surface area (Å²) in [4.78, 5) is 41.6. The summed E-state index contributed by atoms with van der Waals surface area (Å²) in [5.41, 5.74) is 1.40. The van der Waals surface area contributed by atoms with Crippen molar-refractivity contribution in [2.24, 2.45) is 11.3 Å². The van der Waals surface area contributed by atoms with Crippen LogP contribution in [0.4, 0.5) is 0 Å². The lowest BCUT2D eigenvalue weighted by Crippen LogP contribution is -2.23. The van der Waals surface area contributed by atoms with Crippen LogP contribution in [0, 0.1) is 32.1 Å². The van der Waals surface area contributed by atoms with E-state index in [1.165, 1.54) is 28.4 Å². The Bertz CT molecular complexity index is 2200. The molecule has 0 radical (unpaired) electrons. The van der Waals surface area contributed by atoms with E-state index in [2.05, 4.69) is 20.8 Å². The van der Waals surface area contributed by atoms with Crippen molar-refractivity contribution in [1.82, 2.24) is 0 Å². The fourth-order valence-corrected chi connectivity index (χ4v) is 12.9. The highest BCUT2D eigenvalue weighted by Gasteiger charge is 2.46. The smallest absolute Gasteiger partial charge is 0.236 e. The molecule has 0 saturated heterocycles. The highest BCUT2D eigenvalue weighted by molar-refractivity contribution is 7.95. The second-order valence-electron chi connectivity index (χ2n) is 15.8. The number of benzene rings is 5. The van der Waals surface area contributed by atoms with Gasteiger partial charge in [-0.25, -0.2) is 0 Å². The Morgan fingerprint density at radius 1 is 0.542 bits per heavy atom. The number of rotatable bonds is 15. The maximum Gasteiger partial charge on any atom is 0.236 e. The Morgan fingerprint density at radius 2 is 0.898 bits per heavy atom. The van der Waals surface area contributed by atoms with Crippen LogP contribution in [-0.2, 0) is 9.13 Å². The van der Waals surface area contributed by atoms with E-state index in [0.717, 1.165) is 16.7 Å². The van der Waals surface area contributed by atoms with Gasteiger partial charge in [-0.05, 0) is 73.9 Å². The zero-order valence-corrected chi connectivity index (χ0v) is 37.7. The van der Waals surface area contributed by atoms with Crippen LogP contribution in [0.15, 0.2) is 109 Å². The summed E-state index contributed by atoms with van der Waals surface area (Å²) in [5, 5.41) is 1.15. The Kier molecular flexibility index (Phi) is 15.5. The van der Waals surface area contributed by atoms with Gasteiger partial charge in [-0.2, -0.15) is 0 Å². The highest BCUT2D eigenvalue weighted by Crippen LogP contribution is 2.58. The third kappa shape index (κ3) is 10.3. The van der Waals surface area contributed by atoms with Gasteiger partial charge in [-0.15, -0.1) is 0 Å². The van der Waals surface area contributed by atoms with E-state index < -0.39 is 25.3 Å². The number of hydrogen-bond acceptors (Lipinski definition) is 9. The van der Waals surface area contributed by atoms with E-state index in [0.29, 0.717) is 22.6 Å². The Labute approximate surface area is 349 Å². The molecule has 0 aliphatic heterocycles. The molecule has 11 heteroatoms. The molecule has 0 heterocycles. The third-order valence-electron chi connectivity index (χ3n) is 9.89. The minimum atomic E-state index is -4.25. The topological polar surface area (TPSA) is 122 Å². The fraction of sp³-hybridized carbons (Fsp3) is 0.312. The van der Waals surface area contributed by atoms with Gasteiger partial charge >= 0.3 is 0 Å². The lowest BCUT2D eigenvalue weighted by Gasteiger charge is -2.27. The molecule has 0 bridgehead atoms. The van der Waals surface area contributed by atoms with E-state index in [-0.39, 0.29) is 57.1 Å². The van der Waals surface area contributed by atoms with Crippen molar-refractivity contribution in [2.75, 3.05) is 34.6 Å². The monoisotopic (exact) mass is 838 g/mol. The van der Waals surface area contributed by atoms with Crippen LogP contribution < -0.4 is 29.6 Å². The first-order valence-electron chi connectivity index (χ1n) is 19.3. The molecule has 59 heavy (non-hydrogen) atoms. The van der Waals surface area contributed by atoms with Gasteiger partial charge in [0, 0.05) is 22.3 Å². The summed E-state index contributed by atoms with van der Waals surface area (Å²) in [6.45, 7) is 13.9. The van der Waals surface area contributed by atoms with Crippen LogP contribution in [0.5, 0.6) is 23.0 Å². The first kappa shape index (κ1) is 46.5. The van der Waals surface area contributed by atoms with Crippen LogP contribution in [0.1, 0.15) is 81.9 Å². The highest BCUT2D eigenvalue weighted by atomic mass is 31.2. The Balaban J connectivity index is 0.000000272. The van der Waals surface area contributed by atoms with E-state index in [1.807, 2.05) is 76.2 Å². The molecule has 0 fully saturated rings. The number of carbonyl (C=O) groups excluding carboxylic acids is 3. The summed E-state index contributed by atoms with van der Waals surface area (Å²) in [7, 11) is -2.06. The molecule has 312 valence electrons. The molecule has 0 N–H and O–H groups in total. The molecule has 0 aromatic heterocycles. The van der Waals surface area contributed by atoms with Crippen molar-refractivity contribution in [3.63, 3.8) is 0 Å². The summed E-state index contributed by atoms with van der Waals surface area (Å²) in [6, 6.07) is 31.7. The van der Waals surface area contributed by atoms with Crippen molar-refractivity contribution >= 4 is 41.5 Å². The summed E-state index contributed by atoms with van der Waals surface area (Å²) in [5.74, 6) is 0.571. The quantitative estimate of drug-likeness (QED) is 0.0948. The first-order chi connectivity index (χ1) is 27.9. The SMILES string of the molecule is COc1cccc(OC)c1C(=O)P(=O)(CC(C)CC(C)(C)C)C(=O)c1c(OC)cccc1OC.Cc1cc(C)c(C(=O)P(=O)(c2ccccc2)c2ccccc2)c(C)c1. The first-order valence-corrected chi connectivity index (χ1v) is 22.9. The van der Waals surface area contributed by atoms with Crippen LogP contribution >= 0.6 is 14.3 Å². The molecule has 1 atom stereocenters. The average Bonchev–Trinajstić information content (AvgIpc) is 3.21. The average molecular weight is 839 g/mol. The molecular formula is C48H56O9P2. The van der Waals surface area contributed by atoms with Gasteiger partial charge in [0.1, 0.15) is 34.1 Å². The minimum absolute atomic E-state index is 0.0130. The van der Waals surface area contributed by atoms with Crippen molar-refractivity contribution in [3.05, 3.63) is 143 Å². The van der Waals surface area contributed by atoms with Crippen molar-refractivity contribution in [2.45, 2.75) is 54.9 Å². The van der Waals surface area contributed by atoms with E-state index >= 15 is 0 Å². The zero-order valence-electron chi connectivity index (χ0n) is 36.0. The molecule has 5 aromatic rings. The Morgan fingerprint density at radius 3 is 1.22 bits per heavy atom. The van der Waals surface area contributed by atoms with Crippen LogP contribution in [0.2, 0.25) is 0 Å².